The van der Waals surface area contributed by atoms with Gasteiger partial charge in [-0.3, -0.25) is 0 Å². The highest BCUT2D eigenvalue weighted by atomic mass is 14.4. The zero-order chi connectivity index (χ0) is 53.7. The number of hydrogen-bond acceptors (Lipinski definition) is 0. The first-order valence-corrected chi connectivity index (χ1v) is 35.1. The van der Waals surface area contributed by atoms with Crippen LogP contribution >= 0.6 is 0 Å². The summed E-state index contributed by atoms with van der Waals surface area (Å²) in [5.74, 6) is 16.3. The number of benzene rings is 1. The van der Waals surface area contributed by atoms with Crippen molar-refractivity contribution >= 4 is 0 Å². The van der Waals surface area contributed by atoms with Crippen LogP contribution in [0.4, 0.5) is 0 Å². The van der Waals surface area contributed by atoms with Gasteiger partial charge in [0.05, 0.1) is 0 Å². The second-order valence-electron chi connectivity index (χ2n) is 28.8. The lowest BCUT2D eigenvalue weighted by atomic mass is 9.68. The Balaban J connectivity index is 0.000000166. The average Bonchev–Trinajstić information content (AvgIpc) is 3.48. The summed E-state index contributed by atoms with van der Waals surface area (Å²) >= 11 is 0. The Hall–Kier alpha value is -1.56. The molecule has 0 heterocycles. The van der Waals surface area contributed by atoms with Crippen molar-refractivity contribution in [1.29, 1.82) is 0 Å². The van der Waals surface area contributed by atoms with Gasteiger partial charge in [0.25, 0.3) is 0 Å². The van der Waals surface area contributed by atoms with Crippen molar-refractivity contribution in [2.24, 2.45) is 88.8 Å². The number of hydrogen-bond donors (Lipinski definition) is 0. The second-order valence-corrected chi connectivity index (χ2v) is 28.8. The van der Waals surface area contributed by atoms with Gasteiger partial charge in [-0.2, -0.15) is 0 Å². The third kappa shape index (κ3) is 22.4. The second kappa shape index (κ2) is 36.7. The summed E-state index contributed by atoms with van der Waals surface area (Å²) in [4.78, 5) is 0. The van der Waals surface area contributed by atoms with E-state index in [0.717, 1.165) is 94.7 Å². The van der Waals surface area contributed by atoms with E-state index in [4.69, 9.17) is 0 Å². The van der Waals surface area contributed by atoms with Crippen molar-refractivity contribution in [3.8, 4) is 0 Å². The molecule has 76 heavy (non-hydrogen) atoms. The van der Waals surface area contributed by atoms with Gasteiger partial charge in [0.1, 0.15) is 0 Å². The molecule has 434 valence electrons. The van der Waals surface area contributed by atoms with Gasteiger partial charge in [-0.25, -0.2) is 0 Å². The first kappa shape index (κ1) is 63.6. The summed E-state index contributed by atoms with van der Waals surface area (Å²) in [6.45, 7) is 23.4. The molecule has 1 aromatic carbocycles. The smallest absolute Gasteiger partial charge is 0.0162 e. The van der Waals surface area contributed by atoms with Crippen LogP contribution in [0, 0.1) is 95.7 Å². The summed E-state index contributed by atoms with van der Waals surface area (Å²) in [7, 11) is 0. The van der Waals surface area contributed by atoms with Crippen LogP contribution in [-0.2, 0) is 0 Å². The topological polar surface area (TPSA) is 0 Å². The predicted molar refractivity (Wildman–Crippen MR) is 338 cm³/mol. The molecule has 0 aromatic heterocycles. The molecule has 8 aliphatic rings. The molecule has 0 nitrogen and oxygen atoms in total. The minimum atomic E-state index is 0.829. The molecule has 0 aliphatic heterocycles. The maximum atomic E-state index is 3.97. The fourth-order valence-electron chi connectivity index (χ4n) is 18.0. The van der Waals surface area contributed by atoms with E-state index >= 15 is 0 Å². The summed E-state index contributed by atoms with van der Waals surface area (Å²) in [6, 6.07) is 9.30. The molecule has 8 fully saturated rings. The van der Waals surface area contributed by atoms with Gasteiger partial charge in [0.15, 0.2) is 0 Å². The Bertz CT molecular complexity index is 1580. The van der Waals surface area contributed by atoms with E-state index in [-0.39, 0.29) is 0 Å². The molecule has 0 radical (unpaired) electrons. The monoisotopic (exact) mass is 1040 g/mol. The minimum absolute atomic E-state index is 0.829. The van der Waals surface area contributed by atoms with Crippen molar-refractivity contribution in [2.75, 3.05) is 0 Å². The Morgan fingerprint density at radius 1 is 0.355 bits per heavy atom. The van der Waals surface area contributed by atoms with Crippen molar-refractivity contribution in [3.63, 3.8) is 0 Å². The van der Waals surface area contributed by atoms with E-state index in [9.17, 15) is 0 Å². The summed E-state index contributed by atoms with van der Waals surface area (Å²) in [5.41, 5.74) is 2.97. The third-order valence-electron chi connectivity index (χ3n) is 23.6. The molecule has 8 saturated carbocycles. The van der Waals surface area contributed by atoms with Crippen LogP contribution < -0.4 is 0 Å². The van der Waals surface area contributed by atoms with Gasteiger partial charge in [-0.1, -0.05) is 198 Å². The van der Waals surface area contributed by atoms with Crippen LogP contribution in [0.1, 0.15) is 321 Å². The van der Waals surface area contributed by atoms with Gasteiger partial charge < -0.3 is 0 Å². The fraction of sp³-hybridized carbons (Fsp3) is 0.842. The molecular formula is C76H130. The van der Waals surface area contributed by atoms with E-state index in [1.165, 1.54) is 230 Å². The fourth-order valence-corrected chi connectivity index (χ4v) is 18.0. The van der Waals surface area contributed by atoms with Crippen LogP contribution in [0.25, 0.3) is 0 Å². The van der Waals surface area contributed by atoms with E-state index in [1.54, 1.807) is 56.9 Å². The SMILES string of the molecule is C=CC1CCC(C2CCC(CCCC)CC2)CC1.C=CC1CCC(C2CCC(CCCCC)CC2)CC1.C=CCCC1CCC(C2CCC(c3ccc(C)cc3)CC2)CC1.CCCC1CCC(C2CCC(C)CC2)CC1. The highest BCUT2D eigenvalue weighted by molar-refractivity contribution is 5.25. The quantitative estimate of drug-likeness (QED) is 0.0957. The van der Waals surface area contributed by atoms with Crippen LogP contribution in [0.5, 0.6) is 0 Å². The maximum absolute atomic E-state index is 3.97. The van der Waals surface area contributed by atoms with E-state index in [0.29, 0.717) is 0 Å². The normalized spacial score (nSPS) is 36.1. The lowest BCUT2D eigenvalue weighted by molar-refractivity contribution is 0.147. The lowest BCUT2D eigenvalue weighted by Gasteiger charge is -2.38. The van der Waals surface area contributed by atoms with Gasteiger partial charge in [0, 0.05) is 0 Å². The summed E-state index contributed by atoms with van der Waals surface area (Å²) in [6.07, 6.45) is 70.2. The van der Waals surface area contributed by atoms with Gasteiger partial charge in [0.2, 0.25) is 0 Å². The molecule has 0 spiro atoms. The molecule has 0 unspecified atom stereocenters. The maximum Gasteiger partial charge on any atom is -0.0162 e. The lowest BCUT2D eigenvalue weighted by Crippen LogP contribution is -2.25. The molecule has 8 aliphatic carbocycles. The molecule has 0 heteroatoms. The molecular weight excluding hydrogens is 913 g/mol. The Morgan fingerprint density at radius 3 is 1.04 bits per heavy atom. The minimum Gasteiger partial charge on any atom is -0.103 e. The van der Waals surface area contributed by atoms with Gasteiger partial charge in [-0.05, 0) is 261 Å². The molecule has 0 bridgehead atoms. The van der Waals surface area contributed by atoms with E-state index < -0.39 is 0 Å². The van der Waals surface area contributed by atoms with Gasteiger partial charge >= 0.3 is 0 Å². The van der Waals surface area contributed by atoms with E-state index in [1.807, 2.05) is 0 Å². The Labute approximate surface area is 476 Å². The summed E-state index contributed by atoms with van der Waals surface area (Å²) < 4.78 is 0. The predicted octanol–water partition coefficient (Wildman–Crippen LogP) is 24.8. The third-order valence-corrected chi connectivity index (χ3v) is 23.6. The standard InChI is InChI=1S/C23H34.C19H34.C18H32.C16H30/c1-3-4-5-19-8-12-21(13-9-19)23-16-14-22(15-17-23)20-10-6-18(2)7-11-20;1-3-5-6-7-17-10-14-19(15-11-17)18-12-8-16(4-2)9-13-18;1-3-5-6-16-9-13-18(14-10-16)17-11-7-15(4-2)8-12-17;1-3-4-14-7-11-16(12-8-14)15-9-5-13(2)6-10-15/h3,6-7,10-11,19,21-23H,1,4-5,8-9,12-17H2,2H3;4,16-19H,2-3,5-15H2,1H3;4,15-18H,2-3,5-14H2,1H3;13-16H,3-12H2,1-2H3. The largest absolute Gasteiger partial charge is 0.103 e. The van der Waals surface area contributed by atoms with Crippen molar-refractivity contribution in [1.82, 2.24) is 0 Å². The van der Waals surface area contributed by atoms with Crippen molar-refractivity contribution < 1.29 is 0 Å². The number of allylic oxidation sites excluding steroid dienone is 3. The first-order valence-electron chi connectivity index (χ1n) is 35.1. The van der Waals surface area contributed by atoms with Crippen molar-refractivity contribution in [2.45, 2.75) is 317 Å². The average molecular weight is 1040 g/mol. The number of aryl methyl sites for hydroxylation is 1. The van der Waals surface area contributed by atoms with Crippen LogP contribution in [0.3, 0.4) is 0 Å². The zero-order valence-electron chi connectivity index (χ0n) is 51.8. The molecule has 0 saturated heterocycles. The highest BCUT2D eigenvalue weighted by Gasteiger charge is 2.34. The molecule has 0 atom stereocenters. The van der Waals surface area contributed by atoms with Crippen molar-refractivity contribution in [3.05, 3.63) is 73.4 Å². The number of rotatable bonds is 19. The zero-order valence-corrected chi connectivity index (χ0v) is 51.8. The molecule has 1 aromatic rings. The van der Waals surface area contributed by atoms with Crippen LogP contribution in [0.15, 0.2) is 62.2 Å². The Kier molecular flexibility index (Phi) is 30.7. The summed E-state index contributed by atoms with van der Waals surface area (Å²) in [5, 5.41) is 0. The highest BCUT2D eigenvalue weighted by Crippen LogP contribution is 2.47. The number of unbranched alkanes of at least 4 members (excludes halogenated alkanes) is 3. The first-order chi connectivity index (χ1) is 37.2. The molecule has 0 amide bonds. The molecule has 0 N–H and O–H groups in total. The van der Waals surface area contributed by atoms with Crippen LogP contribution in [-0.4, -0.2) is 0 Å². The Morgan fingerprint density at radius 2 is 0.684 bits per heavy atom. The van der Waals surface area contributed by atoms with Crippen LogP contribution in [0.2, 0.25) is 0 Å². The molecule has 9 rings (SSSR count). The van der Waals surface area contributed by atoms with E-state index in [2.05, 4.69) is 96.8 Å². The van der Waals surface area contributed by atoms with Gasteiger partial charge in [-0.15, -0.1) is 19.7 Å².